The molecule has 1 aromatic rings. The van der Waals surface area contributed by atoms with E-state index < -0.39 is 0 Å². The van der Waals surface area contributed by atoms with Crippen LogP contribution in [-0.2, 0) is 0 Å². The highest BCUT2D eigenvalue weighted by atomic mass is 32.2. The minimum Gasteiger partial charge on any atom is -0.366 e. The van der Waals surface area contributed by atoms with Crippen LogP contribution in [0, 0.1) is 0 Å². The fourth-order valence-electron chi connectivity index (χ4n) is 3.35. The summed E-state index contributed by atoms with van der Waals surface area (Å²) in [4.78, 5) is 14.9. The van der Waals surface area contributed by atoms with Crippen molar-refractivity contribution in [2.24, 2.45) is 5.73 Å². The molecule has 3 nitrogen and oxygen atoms in total. The molecule has 1 amide bonds. The molecule has 0 unspecified atom stereocenters. The van der Waals surface area contributed by atoms with Crippen molar-refractivity contribution in [1.82, 2.24) is 4.90 Å². The Balaban J connectivity index is 1.64. The summed E-state index contributed by atoms with van der Waals surface area (Å²) in [6.07, 6.45) is 5.29. The van der Waals surface area contributed by atoms with Crippen molar-refractivity contribution in [1.29, 1.82) is 0 Å². The van der Waals surface area contributed by atoms with Crippen molar-refractivity contribution in [3.05, 3.63) is 29.8 Å². The molecular formula is C15H20N2OS. The number of nitrogens with two attached hydrogens (primary N) is 1. The number of piperidine rings is 1. The molecule has 2 heterocycles. The van der Waals surface area contributed by atoms with Gasteiger partial charge in [-0.2, -0.15) is 0 Å². The zero-order valence-electron chi connectivity index (χ0n) is 11.2. The second-order valence-electron chi connectivity index (χ2n) is 5.65. The number of benzene rings is 1. The Morgan fingerprint density at radius 3 is 2.32 bits per heavy atom. The monoisotopic (exact) mass is 276 g/mol. The number of rotatable bonds is 3. The largest absolute Gasteiger partial charge is 0.366 e. The Labute approximate surface area is 118 Å². The highest BCUT2D eigenvalue weighted by Crippen LogP contribution is 2.41. The van der Waals surface area contributed by atoms with Gasteiger partial charge in [-0.3, -0.25) is 4.79 Å². The number of thioether (sulfide) groups is 1. The Morgan fingerprint density at radius 2 is 1.79 bits per heavy atom. The molecule has 102 valence electrons. The van der Waals surface area contributed by atoms with E-state index in [-0.39, 0.29) is 5.91 Å². The molecule has 2 fully saturated rings. The van der Waals surface area contributed by atoms with Gasteiger partial charge in [-0.25, -0.2) is 0 Å². The molecule has 0 spiro atoms. The fraction of sp³-hybridized carbons (Fsp3) is 0.533. The van der Waals surface area contributed by atoms with Gasteiger partial charge in [-0.15, -0.1) is 11.8 Å². The second-order valence-corrected chi connectivity index (χ2v) is 7.02. The molecule has 4 heteroatoms. The van der Waals surface area contributed by atoms with E-state index in [1.165, 1.54) is 30.6 Å². The number of amides is 1. The lowest BCUT2D eigenvalue weighted by Gasteiger charge is -2.36. The van der Waals surface area contributed by atoms with Crippen LogP contribution in [0.1, 0.15) is 36.0 Å². The van der Waals surface area contributed by atoms with Gasteiger partial charge in [0.25, 0.3) is 0 Å². The highest BCUT2D eigenvalue weighted by molar-refractivity contribution is 8.00. The first-order valence-electron chi connectivity index (χ1n) is 6.92. The molecule has 19 heavy (non-hydrogen) atoms. The van der Waals surface area contributed by atoms with Crippen LogP contribution in [0.5, 0.6) is 0 Å². The lowest BCUT2D eigenvalue weighted by atomic mass is 10.0. The van der Waals surface area contributed by atoms with Gasteiger partial charge in [0.1, 0.15) is 0 Å². The van der Waals surface area contributed by atoms with Crippen molar-refractivity contribution in [3.63, 3.8) is 0 Å². The Bertz CT molecular complexity index is 460. The quantitative estimate of drug-likeness (QED) is 0.922. The molecule has 0 aromatic heterocycles. The van der Waals surface area contributed by atoms with Gasteiger partial charge in [0.15, 0.2) is 0 Å². The summed E-state index contributed by atoms with van der Waals surface area (Å²) in [6, 6.07) is 9.25. The van der Waals surface area contributed by atoms with Crippen molar-refractivity contribution < 1.29 is 4.79 Å². The van der Waals surface area contributed by atoms with Gasteiger partial charge >= 0.3 is 0 Å². The SMILES string of the molecule is CN1[C@@H]2CC[C@H]1C[C@H](Sc1ccc(C(N)=O)cc1)C2. The Kier molecular flexibility index (Phi) is 3.54. The average molecular weight is 276 g/mol. The van der Waals surface area contributed by atoms with Crippen LogP contribution < -0.4 is 5.73 Å². The molecule has 3 atom stereocenters. The first-order chi connectivity index (χ1) is 9.13. The smallest absolute Gasteiger partial charge is 0.248 e. The predicted molar refractivity (Wildman–Crippen MR) is 78.4 cm³/mol. The summed E-state index contributed by atoms with van der Waals surface area (Å²) in [5.74, 6) is -0.353. The lowest BCUT2D eigenvalue weighted by Crippen LogP contribution is -2.40. The summed E-state index contributed by atoms with van der Waals surface area (Å²) in [5.41, 5.74) is 5.85. The van der Waals surface area contributed by atoms with E-state index in [4.69, 9.17) is 5.73 Å². The molecule has 2 bridgehead atoms. The van der Waals surface area contributed by atoms with Crippen molar-refractivity contribution in [2.75, 3.05) is 7.05 Å². The predicted octanol–water partition coefficient (Wildman–Crippen LogP) is 2.50. The van der Waals surface area contributed by atoms with Crippen LogP contribution in [0.4, 0.5) is 0 Å². The second kappa shape index (κ2) is 5.17. The van der Waals surface area contributed by atoms with E-state index in [2.05, 4.69) is 11.9 Å². The highest BCUT2D eigenvalue weighted by Gasteiger charge is 2.38. The Morgan fingerprint density at radius 1 is 1.21 bits per heavy atom. The first-order valence-corrected chi connectivity index (χ1v) is 7.80. The average Bonchev–Trinajstić information content (AvgIpc) is 2.63. The maximum absolute atomic E-state index is 11.0. The standard InChI is InChI=1S/C15H20N2OS/c1-17-11-4-5-12(17)9-14(8-11)19-13-6-2-10(3-7-13)15(16)18/h2-3,6-7,11-12,14H,4-5,8-9H2,1H3,(H2,16,18)/t11-,12+,14-. The van der Waals surface area contributed by atoms with Gasteiger partial charge in [0.05, 0.1) is 0 Å². The first kappa shape index (κ1) is 13.0. The number of hydrogen-bond donors (Lipinski definition) is 1. The summed E-state index contributed by atoms with van der Waals surface area (Å²) in [6.45, 7) is 0. The zero-order chi connectivity index (χ0) is 13.4. The topological polar surface area (TPSA) is 46.3 Å². The van der Waals surface area contributed by atoms with Crippen molar-refractivity contribution in [2.45, 2.75) is 47.9 Å². The van der Waals surface area contributed by atoms with Crippen LogP contribution in [0.25, 0.3) is 0 Å². The van der Waals surface area contributed by atoms with Crippen LogP contribution in [0.2, 0.25) is 0 Å². The summed E-state index contributed by atoms with van der Waals surface area (Å²) in [5, 5.41) is 0.716. The van der Waals surface area contributed by atoms with Gasteiger partial charge in [-0.05, 0) is 57.0 Å². The van der Waals surface area contributed by atoms with E-state index in [9.17, 15) is 4.79 Å². The zero-order valence-corrected chi connectivity index (χ0v) is 12.0. The Hall–Kier alpha value is -1.00. The summed E-state index contributed by atoms with van der Waals surface area (Å²) >= 11 is 1.96. The molecule has 2 aliphatic heterocycles. The number of hydrogen-bond acceptors (Lipinski definition) is 3. The van der Waals surface area contributed by atoms with E-state index >= 15 is 0 Å². The van der Waals surface area contributed by atoms with Gasteiger partial charge in [0.2, 0.25) is 5.91 Å². The summed E-state index contributed by atoms with van der Waals surface area (Å²) in [7, 11) is 2.27. The molecule has 0 saturated carbocycles. The molecule has 2 saturated heterocycles. The van der Waals surface area contributed by atoms with Gasteiger partial charge in [-0.1, -0.05) is 0 Å². The molecule has 0 aliphatic carbocycles. The van der Waals surface area contributed by atoms with E-state index in [0.29, 0.717) is 10.8 Å². The van der Waals surface area contributed by atoms with Gasteiger partial charge in [0, 0.05) is 27.8 Å². The lowest BCUT2D eigenvalue weighted by molar-refractivity contribution is 0.1000. The third-order valence-corrected chi connectivity index (χ3v) is 5.76. The maximum atomic E-state index is 11.0. The molecule has 1 aromatic carbocycles. The van der Waals surface area contributed by atoms with E-state index in [1.54, 1.807) is 0 Å². The summed E-state index contributed by atoms with van der Waals surface area (Å²) < 4.78 is 0. The number of nitrogens with zero attached hydrogens (tertiary/aromatic N) is 1. The van der Waals surface area contributed by atoms with Crippen LogP contribution in [-0.4, -0.2) is 35.2 Å². The van der Waals surface area contributed by atoms with Crippen molar-refractivity contribution in [3.8, 4) is 0 Å². The van der Waals surface area contributed by atoms with Gasteiger partial charge < -0.3 is 10.6 Å². The minimum absolute atomic E-state index is 0.353. The van der Waals surface area contributed by atoms with Crippen molar-refractivity contribution >= 4 is 17.7 Å². The molecule has 3 rings (SSSR count). The number of fused-ring (bicyclic) bond motifs is 2. The van der Waals surface area contributed by atoms with E-state index in [0.717, 1.165) is 12.1 Å². The molecule has 2 aliphatic rings. The molecule has 2 N–H and O–H groups in total. The number of primary amides is 1. The molecule has 0 radical (unpaired) electrons. The fourth-order valence-corrected chi connectivity index (χ4v) is 4.66. The van der Waals surface area contributed by atoms with Crippen LogP contribution >= 0.6 is 11.8 Å². The minimum atomic E-state index is -0.353. The third kappa shape index (κ3) is 2.65. The normalized spacial score (nSPS) is 30.5. The van der Waals surface area contributed by atoms with E-state index in [1.807, 2.05) is 36.0 Å². The maximum Gasteiger partial charge on any atom is 0.248 e. The van der Waals surface area contributed by atoms with Crippen LogP contribution in [0.15, 0.2) is 29.2 Å². The molecular weight excluding hydrogens is 256 g/mol. The number of carbonyl (C=O) groups excluding carboxylic acids is 1. The number of carbonyl (C=O) groups is 1. The van der Waals surface area contributed by atoms with Crippen LogP contribution in [0.3, 0.4) is 0 Å². The third-order valence-electron chi connectivity index (χ3n) is 4.50.